The molecule has 0 unspecified atom stereocenters. The second-order valence-corrected chi connectivity index (χ2v) is 8.07. The number of hydrogen-bond acceptors (Lipinski definition) is 6. The highest BCUT2D eigenvalue weighted by molar-refractivity contribution is 7.99. The number of carbonyl (C=O) groups is 1. The van der Waals surface area contributed by atoms with Gasteiger partial charge in [-0.05, 0) is 67.9 Å². The van der Waals surface area contributed by atoms with Gasteiger partial charge in [0.05, 0.1) is 12.6 Å². The zero-order chi connectivity index (χ0) is 17.9. The maximum absolute atomic E-state index is 12.4. The first-order valence-electron chi connectivity index (χ1n) is 8.41. The van der Waals surface area contributed by atoms with Crippen LogP contribution in [0.15, 0.2) is 40.4 Å². The average molecular weight is 361 g/mol. The Kier molecular flexibility index (Phi) is 5.27. The monoisotopic (exact) mass is 361 g/mol. The fourth-order valence-corrected chi connectivity index (χ4v) is 3.56. The first-order valence-corrected chi connectivity index (χ1v) is 9.23. The molecule has 1 atom stereocenters. The molecular formula is C17H23N5O2S. The van der Waals surface area contributed by atoms with Gasteiger partial charge in [-0.15, -0.1) is 5.10 Å². The van der Waals surface area contributed by atoms with Crippen molar-refractivity contribution in [1.29, 1.82) is 0 Å². The summed E-state index contributed by atoms with van der Waals surface area (Å²) in [5.41, 5.74) is -0.493. The number of nitrogens with zero attached hydrogens (tertiary/aromatic N) is 5. The molecular weight excluding hydrogens is 338 g/mol. The number of benzene rings is 1. The van der Waals surface area contributed by atoms with E-state index in [-0.39, 0.29) is 12.1 Å². The fraction of sp³-hybridized carbons (Fsp3) is 0.529. The normalized spacial score (nSPS) is 17.7. The Bertz CT molecular complexity index is 713. The van der Waals surface area contributed by atoms with Crippen molar-refractivity contribution in [2.24, 2.45) is 0 Å². The third-order valence-electron chi connectivity index (χ3n) is 3.84. The Morgan fingerprint density at radius 3 is 2.80 bits per heavy atom. The molecule has 1 amide bonds. The van der Waals surface area contributed by atoms with Gasteiger partial charge in [-0.3, -0.25) is 0 Å². The van der Waals surface area contributed by atoms with E-state index >= 15 is 0 Å². The first kappa shape index (κ1) is 17.7. The first-order chi connectivity index (χ1) is 11.9. The standard InChI is InChI=1S/C17H23N5O2S/c1-17(2,3)24-16(23)21-11-7-8-13(21)12-22-15(18-19-20-22)25-14-9-5-4-6-10-14/h4-6,9-10,13H,7-8,11-12H2,1-3H3/t13-/m0/s1. The van der Waals surface area contributed by atoms with Gasteiger partial charge in [0.25, 0.3) is 0 Å². The van der Waals surface area contributed by atoms with Crippen molar-refractivity contribution in [2.45, 2.75) is 61.9 Å². The summed E-state index contributed by atoms with van der Waals surface area (Å²) < 4.78 is 7.29. The van der Waals surface area contributed by atoms with Crippen LogP contribution in [0.25, 0.3) is 0 Å². The minimum atomic E-state index is -0.493. The number of hydrogen-bond donors (Lipinski definition) is 0. The Labute approximate surface area is 151 Å². The molecule has 8 heteroatoms. The lowest BCUT2D eigenvalue weighted by Gasteiger charge is -2.28. The van der Waals surface area contributed by atoms with Gasteiger partial charge < -0.3 is 9.64 Å². The zero-order valence-electron chi connectivity index (χ0n) is 14.8. The van der Waals surface area contributed by atoms with Crippen molar-refractivity contribution >= 4 is 17.9 Å². The van der Waals surface area contributed by atoms with Crippen molar-refractivity contribution < 1.29 is 9.53 Å². The van der Waals surface area contributed by atoms with Crippen LogP contribution in [0.4, 0.5) is 4.79 Å². The number of aromatic nitrogens is 4. The van der Waals surface area contributed by atoms with Crippen LogP contribution < -0.4 is 0 Å². The molecule has 0 aliphatic carbocycles. The van der Waals surface area contributed by atoms with Crippen LogP contribution in [-0.4, -0.2) is 49.4 Å². The molecule has 1 aliphatic rings. The van der Waals surface area contributed by atoms with Crippen molar-refractivity contribution in [3.8, 4) is 0 Å². The summed E-state index contributed by atoms with van der Waals surface area (Å²) >= 11 is 1.52. The predicted molar refractivity (Wildman–Crippen MR) is 94.3 cm³/mol. The van der Waals surface area contributed by atoms with E-state index in [4.69, 9.17) is 4.74 Å². The Balaban J connectivity index is 1.68. The highest BCUT2D eigenvalue weighted by Gasteiger charge is 2.33. The van der Waals surface area contributed by atoms with Crippen LogP contribution in [0.1, 0.15) is 33.6 Å². The minimum Gasteiger partial charge on any atom is -0.444 e. The summed E-state index contributed by atoms with van der Waals surface area (Å²) in [6, 6.07) is 10.0. The maximum atomic E-state index is 12.4. The van der Waals surface area contributed by atoms with Crippen molar-refractivity contribution in [3.05, 3.63) is 30.3 Å². The molecule has 0 spiro atoms. The van der Waals surface area contributed by atoms with Gasteiger partial charge in [-0.25, -0.2) is 9.48 Å². The number of likely N-dealkylation sites (tertiary alicyclic amines) is 1. The van der Waals surface area contributed by atoms with Crippen LogP contribution in [-0.2, 0) is 11.3 Å². The fourth-order valence-electron chi connectivity index (χ4n) is 2.76. The van der Waals surface area contributed by atoms with E-state index in [1.54, 1.807) is 9.58 Å². The largest absolute Gasteiger partial charge is 0.444 e. The van der Waals surface area contributed by atoms with Gasteiger partial charge in [0.2, 0.25) is 5.16 Å². The van der Waals surface area contributed by atoms with E-state index in [2.05, 4.69) is 15.5 Å². The molecule has 1 aliphatic heterocycles. The zero-order valence-corrected chi connectivity index (χ0v) is 15.6. The van der Waals surface area contributed by atoms with Gasteiger partial charge in [-0.2, -0.15) is 0 Å². The smallest absolute Gasteiger partial charge is 0.410 e. The second kappa shape index (κ2) is 7.43. The molecule has 7 nitrogen and oxygen atoms in total. The molecule has 3 rings (SSSR count). The predicted octanol–water partition coefficient (Wildman–Crippen LogP) is 3.22. The topological polar surface area (TPSA) is 73.1 Å². The van der Waals surface area contributed by atoms with Crippen LogP contribution >= 0.6 is 11.8 Å². The van der Waals surface area contributed by atoms with Crippen molar-refractivity contribution in [2.75, 3.05) is 6.54 Å². The highest BCUT2D eigenvalue weighted by atomic mass is 32.2. The van der Waals surface area contributed by atoms with Gasteiger partial charge in [0, 0.05) is 11.4 Å². The third kappa shape index (κ3) is 4.72. The molecule has 1 saturated heterocycles. The molecule has 134 valence electrons. The molecule has 2 aromatic rings. The summed E-state index contributed by atoms with van der Waals surface area (Å²) in [6.45, 7) is 6.92. The highest BCUT2D eigenvalue weighted by Crippen LogP contribution is 2.27. The molecule has 2 heterocycles. The second-order valence-electron chi connectivity index (χ2n) is 7.03. The van der Waals surface area contributed by atoms with E-state index in [0.717, 1.165) is 22.9 Å². The molecule has 1 aromatic heterocycles. The van der Waals surface area contributed by atoms with Crippen LogP contribution in [0.5, 0.6) is 0 Å². The quantitative estimate of drug-likeness (QED) is 0.832. The summed E-state index contributed by atoms with van der Waals surface area (Å²) in [7, 11) is 0. The van der Waals surface area contributed by atoms with E-state index in [0.29, 0.717) is 13.1 Å². The van der Waals surface area contributed by atoms with E-state index in [1.807, 2.05) is 51.1 Å². The lowest BCUT2D eigenvalue weighted by Crippen LogP contribution is -2.41. The van der Waals surface area contributed by atoms with Gasteiger partial charge >= 0.3 is 6.09 Å². The average Bonchev–Trinajstić information content (AvgIpc) is 3.17. The van der Waals surface area contributed by atoms with E-state index in [9.17, 15) is 4.79 Å². The summed E-state index contributed by atoms with van der Waals surface area (Å²) in [6.07, 6.45) is 1.63. The SMILES string of the molecule is CC(C)(C)OC(=O)N1CCC[C@H]1Cn1nnnc1Sc1ccccc1. The molecule has 1 aromatic carbocycles. The summed E-state index contributed by atoms with van der Waals surface area (Å²) in [5, 5.41) is 12.7. The van der Waals surface area contributed by atoms with E-state index < -0.39 is 5.60 Å². The van der Waals surface area contributed by atoms with E-state index in [1.165, 1.54) is 11.8 Å². The summed E-state index contributed by atoms with van der Waals surface area (Å²) in [4.78, 5) is 15.3. The minimum absolute atomic E-state index is 0.0495. The van der Waals surface area contributed by atoms with Crippen LogP contribution in [0.2, 0.25) is 0 Å². The summed E-state index contributed by atoms with van der Waals surface area (Å²) in [5.74, 6) is 0. The Morgan fingerprint density at radius 2 is 2.08 bits per heavy atom. The van der Waals surface area contributed by atoms with Gasteiger partial charge in [-0.1, -0.05) is 18.2 Å². The number of tetrazole rings is 1. The van der Waals surface area contributed by atoms with Gasteiger partial charge in [0.15, 0.2) is 0 Å². The Morgan fingerprint density at radius 1 is 1.32 bits per heavy atom. The Hall–Kier alpha value is -2.09. The third-order valence-corrected chi connectivity index (χ3v) is 4.82. The molecule has 0 bridgehead atoms. The van der Waals surface area contributed by atoms with Crippen molar-refractivity contribution in [3.63, 3.8) is 0 Å². The molecule has 1 fully saturated rings. The molecule has 0 N–H and O–H groups in total. The number of ether oxygens (including phenoxy) is 1. The van der Waals surface area contributed by atoms with Crippen LogP contribution in [0, 0.1) is 0 Å². The molecule has 0 radical (unpaired) electrons. The lowest BCUT2D eigenvalue weighted by molar-refractivity contribution is 0.0209. The lowest BCUT2D eigenvalue weighted by atomic mass is 10.2. The maximum Gasteiger partial charge on any atom is 0.410 e. The number of amides is 1. The molecule has 25 heavy (non-hydrogen) atoms. The van der Waals surface area contributed by atoms with Gasteiger partial charge in [0.1, 0.15) is 5.60 Å². The molecule has 0 saturated carbocycles. The number of carbonyl (C=O) groups excluding carboxylic acids is 1. The van der Waals surface area contributed by atoms with Crippen molar-refractivity contribution in [1.82, 2.24) is 25.1 Å². The number of rotatable bonds is 4. The van der Waals surface area contributed by atoms with Crippen LogP contribution in [0.3, 0.4) is 0 Å².